The lowest BCUT2D eigenvalue weighted by Crippen LogP contribution is -2.24. The number of amides is 1. The first kappa shape index (κ1) is 17.9. The highest BCUT2D eigenvalue weighted by molar-refractivity contribution is 7.13. The van der Waals surface area contributed by atoms with Crippen molar-refractivity contribution in [2.24, 2.45) is 0 Å². The van der Waals surface area contributed by atoms with Crippen LogP contribution in [-0.4, -0.2) is 28.9 Å². The topological polar surface area (TPSA) is 58.4 Å². The Labute approximate surface area is 163 Å². The van der Waals surface area contributed by atoms with E-state index in [1.807, 2.05) is 41.8 Å². The van der Waals surface area contributed by atoms with Crippen molar-refractivity contribution in [1.82, 2.24) is 9.88 Å². The van der Waals surface area contributed by atoms with E-state index in [0.717, 1.165) is 36.5 Å². The smallest absolute Gasteiger partial charge is 0.293 e. The van der Waals surface area contributed by atoms with E-state index in [2.05, 4.69) is 15.2 Å². The SMILES string of the molecule is O=C(Nc1nc(CN2CCCCCC2)cs1)c1occc1-c1ccccc1. The number of hydrogen-bond acceptors (Lipinski definition) is 5. The molecule has 0 saturated carbocycles. The van der Waals surface area contributed by atoms with Crippen molar-refractivity contribution in [3.05, 3.63) is 59.5 Å². The van der Waals surface area contributed by atoms with Crippen LogP contribution in [0.2, 0.25) is 0 Å². The molecule has 0 radical (unpaired) electrons. The minimum absolute atomic E-state index is 0.269. The molecule has 0 spiro atoms. The zero-order valence-electron chi connectivity index (χ0n) is 15.2. The summed E-state index contributed by atoms with van der Waals surface area (Å²) in [6.07, 6.45) is 6.70. The Balaban J connectivity index is 1.42. The molecule has 3 heterocycles. The van der Waals surface area contributed by atoms with Gasteiger partial charge in [0.05, 0.1) is 12.0 Å². The van der Waals surface area contributed by atoms with E-state index in [-0.39, 0.29) is 5.91 Å². The molecule has 0 bridgehead atoms. The molecule has 1 aromatic carbocycles. The second kappa shape index (κ2) is 8.50. The van der Waals surface area contributed by atoms with Crippen LogP contribution in [0.1, 0.15) is 41.9 Å². The number of thiazole rings is 1. The molecule has 1 N–H and O–H groups in total. The van der Waals surface area contributed by atoms with E-state index in [0.29, 0.717) is 10.9 Å². The van der Waals surface area contributed by atoms with Gasteiger partial charge >= 0.3 is 0 Å². The van der Waals surface area contributed by atoms with E-state index < -0.39 is 0 Å². The van der Waals surface area contributed by atoms with Crippen LogP contribution in [0.25, 0.3) is 11.1 Å². The van der Waals surface area contributed by atoms with Gasteiger partial charge in [0.25, 0.3) is 5.91 Å². The Morgan fingerprint density at radius 2 is 1.89 bits per heavy atom. The molecule has 27 heavy (non-hydrogen) atoms. The highest BCUT2D eigenvalue weighted by Crippen LogP contribution is 2.26. The van der Waals surface area contributed by atoms with Crippen LogP contribution in [0.3, 0.4) is 0 Å². The van der Waals surface area contributed by atoms with Gasteiger partial charge in [-0.2, -0.15) is 0 Å². The molecule has 2 aromatic heterocycles. The molecule has 3 aromatic rings. The van der Waals surface area contributed by atoms with Gasteiger partial charge in [-0.25, -0.2) is 4.98 Å². The zero-order chi connectivity index (χ0) is 18.5. The van der Waals surface area contributed by atoms with Gasteiger partial charge in [-0.3, -0.25) is 15.0 Å². The predicted octanol–water partition coefficient (Wildman–Crippen LogP) is 5.03. The number of anilines is 1. The number of rotatable bonds is 5. The summed E-state index contributed by atoms with van der Waals surface area (Å²) >= 11 is 1.46. The molecule has 0 atom stereocenters. The Bertz CT molecular complexity index is 880. The molecule has 1 amide bonds. The number of likely N-dealkylation sites (tertiary alicyclic amines) is 1. The lowest BCUT2D eigenvalue weighted by atomic mass is 10.1. The first-order valence-electron chi connectivity index (χ1n) is 9.40. The number of nitrogens with zero attached hydrogens (tertiary/aromatic N) is 2. The average Bonchev–Trinajstić information content (AvgIpc) is 3.27. The number of benzene rings is 1. The molecule has 4 rings (SSSR count). The highest BCUT2D eigenvalue weighted by Gasteiger charge is 2.18. The Morgan fingerprint density at radius 3 is 2.67 bits per heavy atom. The van der Waals surface area contributed by atoms with Crippen LogP contribution in [-0.2, 0) is 6.54 Å². The van der Waals surface area contributed by atoms with Crippen molar-refractivity contribution in [1.29, 1.82) is 0 Å². The summed E-state index contributed by atoms with van der Waals surface area (Å²) in [5.74, 6) is 0.0417. The summed E-state index contributed by atoms with van der Waals surface area (Å²) in [6, 6.07) is 11.6. The number of hydrogen-bond donors (Lipinski definition) is 1. The van der Waals surface area contributed by atoms with Gasteiger partial charge in [0, 0.05) is 17.5 Å². The molecule has 5 nitrogen and oxygen atoms in total. The van der Waals surface area contributed by atoms with Crippen molar-refractivity contribution in [3.63, 3.8) is 0 Å². The first-order valence-corrected chi connectivity index (χ1v) is 10.3. The second-order valence-electron chi connectivity index (χ2n) is 6.82. The van der Waals surface area contributed by atoms with E-state index >= 15 is 0 Å². The third-order valence-electron chi connectivity index (χ3n) is 4.81. The quantitative estimate of drug-likeness (QED) is 0.673. The monoisotopic (exact) mass is 381 g/mol. The fraction of sp³-hybridized carbons (Fsp3) is 0.333. The van der Waals surface area contributed by atoms with E-state index in [1.165, 1.54) is 37.0 Å². The van der Waals surface area contributed by atoms with E-state index in [1.54, 1.807) is 6.26 Å². The lowest BCUT2D eigenvalue weighted by Gasteiger charge is -2.17. The third-order valence-corrected chi connectivity index (χ3v) is 5.62. The molecular weight excluding hydrogens is 358 g/mol. The van der Waals surface area contributed by atoms with E-state index in [9.17, 15) is 4.79 Å². The predicted molar refractivity (Wildman–Crippen MR) is 108 cm³/mol. The number of carbonyl (C=O) groups excluding carboxylic acids is 1. The molecule has 1 aliphatic heterocycles. The summed E-state index contributed by atoms with van der Waals surface area (Å²) < 4.78 is 5.45. The highest BCUT2D eigenvalue weighted by atomic mass is 32.1. The maximum atomic E-state index is 12.7. The zero-order valence-corrected chi connectivity index (χ0v) is 16.0. The van der Waals surface area contributed by atoms with Gasteiger partial charge in [-0.1, -0.05) is 43.2 Å². The summed E-state index contributed by atoms with van der Waals surface area (Å²) in [6.45, 7) is 3.11. The van der Waals surface area contributed by atoms with Crippen LogP contribution < -0.4 is 5.32 Å². The Hall–Kier alpha value is -2.44. The molecule has 1 fully saturated rings. The molecular formula is C21H23N3O2S. The third kappa shape index (κ3) is 4.46. The minimum atomic E-state index is -0.269. The van der Waals surface area contributed by atoms with Crippen molar-refractivity contribution >= 4 is 22.4 Å². The molecule has 140 valence electrons. The van der Waals surface area contributed by atoms with Gasteiger partial charge in [-0.05, 0) is 37.6 Å². The number of carbonyl (C=O) groups is 1. The molecule has 6 heteroatoms. The van der Waals surface area contributed by atoms with Gasteiger partial charge in [-0.15, -0.1) is 11.3 Å². The van der Waals surface area contributed by atoms with Gasteiger partial charge in [0.2, 0.25) is 0 Å². The van der Waals surface area contributed by atoms with Crippen molar-refractivity contribution in [2.75, 3.05) is 18.4 Å². The minimum Gasteiger partial charge on any atom is -0.459 e. The fourth-order valence-corrected chi connectivity index (χ4v) is 4.14. The standard InChI is InChI=1S/C21H23N3O2S/c25-20(19-18(10-13-26-19)16-8-4-3-5-9-16)23-21-22-17(15-27-21)14-24-11-6-1-2-7-12-24/h3-5,8-10,13,15H,1-2,6-7,11-12,14H2,(H,22,23,25). The summed E-state index contributed by atoms with van der Waals surface area (Å²) in [5, 5.41) is 5.52. The second-order valence-corrected chi connectivity index (χ2v) is 7.68. The fourth-order valence-electron chi connectivity index (χ4n) is 3.44. The summed E-state index contributed by atoms with van der Waals surface area (Å²) in [5.41, 5.74) is 2.76. The van der Waals surface area contributed by atoms with E-state index in [4.69, 9.17) is 4.42 Å². The average molecular weight is 382 g/mol. The van der Waals surface area contributed by atoms with Crippen LogP contribution >= 0.6 is 11.3 Å². The van der Waals surface area contributed by atoms with Gasteiger partial charge in [0.15, 0.2) is 10.9 Å². The van der Waals surface area contributed by atoms with Gasteiger partial charge < -0.3 is 4.42 Å². The Morgan fingerprint density at radius 1 is 1.11 bits per heavy atom. The first-order chi connectivity index (χ1) is 13.3. The van der Waals surface area contributed by atoms with Crippen LogP contribution in [0.5, 0.6) is 0 Å². The van der Waals surface area contributed by atoms with Crippen molar-refractivity contribution in [2.45, 2.75) is 32.2 Å². The summed E-state index contributed by atoms with van der Waals surface area (Å²) in [4.78, 5) is 19.7. The van der Waals surface area contributed by atoms with Crippen molar-refractivity contribution < 1.29 is 9.21 Å². The Kier molecular flexibility index (Phi) is 5.65. The molecule has 0 aliphatic carbocycles. The largest absolute Gasteiger partial charge is 0.459 e. The number of furan rings is 1. The molecule has 0 unspecified atom stereocenters. The molecule has 1 saturated heterocycles. The maximum Gasteiger partial charge on any atom is 0.293 e. The molecule has 1 aliphatic rings. The summed E-state index contributed by atoms with van der Waals surface area (Å²) in [7, 11) is 0. The van der Waals surface area contributed by atoms with Crippen LogP contribution in [0.4, 0.5) is 5.13 Å². The van der Waals surface area contributed by atoms with Crippen molar-refractivity contribution in [3.8, 4) is 11.1 Å². The number of aromatic nitrogens is 1. The maximum absolute atomic E-state index is 12.7. The lowest BCUT2D eigenvalue weighted by molar-refractivity contribution is 0.0997. The van der Waals surface area contributed by atoms with Crippen LogP contribution in [0.15, 0.2) is 52.5 Å². The van der Waals surface area contributed by atoms with Gasteiger partial charge in [0.1, 0.15) is 0 Å². The number of nitrogens with one attached hydrogen (secondary N) is 1. The van der Waals surface area contributed by atoms with Crippen LogP contribution in [0, 0.1) is 0 Å². The normalized spacial score (nSPS) is 15.4.